The molecule has 1 amide bonds. The quantitative estimate of drug-likeness (QED) is 0.423. The number of amides is 1. The van der Waals surface area contributed by atoms with E-state index in [0.717, 1.165) is 20.9 Å². The number of phenols is 1. The van der Waals surface area contributed by atoms with Gasteiger partial charge in [0.05, 0.1) is 17.1 Å². The Balaban J connectivity index is 1.82. The van der Waals surface area contributed by atoms with Gasteiger partial charge in [0.15, 0.2) is 5.11 Å². The van der Waals surface area contributed by atoms with E-state index < -0.39 is 5.91 Å². The molecule has 3 aromatic carbocycles. The maximum Gasteiger partial charge on any atom is 0.261 e. The van der Waals surface area contributed by atoms with E-state index in [4.69, 9.17) is 17.0 Å². The van der Waals surface area contributed by atoms with Crippen LogP contribution in [0.4, 0.5) is 5.69 Å². The van der Waals surface area contributed by atoms with Crippen LogP contribution in [0.25, 0.3) is 10.8 Å². The fourth-order valence-corrected chi connectivity index (χ4v) is 4.23. The molecular weight excluding hydrogens is 496 g/mol. The van der Waals surface area contributed by atoms with Crippen LogP contribution in [0.3, 0.4) is 0 Å². The molecule has 0 saturated heterocycles. The average molecular weight is 510 g/mol. The van der Waals surface area contributed by atoms with Gasteiger partial charge in [0.2, 0.25) is 0 Å². The second-order valence-corrected chi connectivity index (χ2v) is 7.77. The Morgan fingerprint density at radius 3 is 2.67 bits per heavy atom. The van der Waals surface area contributed by atoms with E-state index in [0.29, 0.717) is 15.8 Å². The van der Waals surface area contributed by atoms with Gasteiger partial charge in [-0.25, -0.2) is 0 Å². The third-order valence-corrected chi connectivity index (χ3v) is 5.05. The van der Waals surface area contributed by atoms with Crippen molar-refractivity contribution >= 4 is 71.6 Å². The Morgan fingerprint density at radius 1 is 1.15 bits per heavy atom. The standard InChI is InChI=1S/C19H14Br2N2O3S/c1-26-17-14(8-11(20)9-15(17)21)18(25)23-19(27)22-16-4-2-3-10-7-12(24)5-6-13(10)16/h2-9,24H,1H3,(H2,22,23,25,27). The number of anilines is 1. The number of phenolic OH excluding ortho intramolecular Hbond substituents is 1. The van der Waals surface area contributed by atoms with Crippen molar-refractivity contribution < 1.29 is 14.6 Å². The van der Waals surface area contributed by atoms with Crippen LogP contribution in [0.1, 0.15) is 10.4 Å². The van der Waals surface area contributed by atoms with E-state index in [1.165, 1.54) is 7.11 Å². The van der Waals surface area contributed by atoms with Crippen LogP contribution >= 0.6 is 44.1 Å². The summed E-state index contributed by atoms with van der Waals surface area (Å²) in [5.41, 5.74) is 1.06. The number of ether oxygens (including phenoxy) is 1. The third-order valence-electron chi connectivity index (χ3n) is 3.80. The molecule has 27 heavy (non-hydrogen) atoms. The van der Waals surface area contributed by atoms with E-state index in [9.17, 15) is 9.90 Å². The number of rotatable bonds is 3. The summed E-state index contributed by atoms with van der Waals surface area (Å²) in [4.78, 5) is 12.6. The lowest BCUT2D eigenvalue weighted by Crippen LogP contribution is -2.34. The van der Waals surface area contributed by atoms with Crippen LogP contribution < -0.4 is 15.4 Å². The second kappa shape index (κ2) is 8.24. The zero-order valence-corrected chi connectivity index (χ0v) is 18.0. The number of carbonyl (C=O) groups excluding carboxylic acids is 1. The lowest BCUT2D eigenvalue weighted by atomic mass is 10.1. The van der Waals surface area contributed by atoms with Crippen molar-refractivity contribution in [2.75, 3.05) is 12.4 Å². The van der Waals surface area contributed by atoms with Crippen LogP contribution in [-0.2, 0) is 0 Å². The zero-order chi connectivity index (χ0) is 19.6. The highest BCUT2D eigenvalue weighted by atomic mass is 79.9. The minimum absolute atomic E-state index is 0.152. The van der Waals surface area contributed by atoms with E-state index in [-0.39, 0.29) is 10.9 Å². The number of hydrogen-bond donors (Lipinski definition) is 3. The summed E-state index contributed by atoms with van der Waals surface area (Å²) in [6.07, 6.45) is 0. The Kier molecular flexibility index (Phi) is 5.98. The Labute approximate surface area is 178 Å². The van der Waals surface area contributed by atoms with Crippen molar-refractivity contribution in [3.63, 3.8) is 0 Å². The molecule has 3 N–H and O–H groups in total. The molecule has 0 bridgehead atoms. The van der Waals surface area contributed by atoms with E-state index >= 15 is 0 Å². The van der Waals surface area contributed by atoms with Gasteiger partial charge in [-0.1, -0.05) is 28.1 Å². The Hall–Kier alpha value is -2.16. The molecule has 0 saturated carbocycles. The van der Waals surface area contributed by atoms with Crippen molar-refractivity contribution in [3.8, 4) is 11.5 Å². The molecular formula is C19H14Br2N2O3S. The van der Waals surface area contributed by atoms with Crippen molar-refractivity contribution in [2.45, 2.75) is 0 Å². The summed E-state index contributed by atoms with van der Waals surface area (Å²) in [6.45, 7) is 0. The largest absolute Gasteiger partial charge is 0.508 e. The topological polar surface area (TPSA) is 70.6 Å². The van der Waals surface area contributed by atoms with Crippen molar-refractivity contribution in [3.05, 3.63) is 63.0 Å². The molecule has 0 aliphatic rings. The monoisotopic (exact) mass is 508 g/mol. The predicted octanol–water partition coefficient (Wildman–Crippen LogP) is 5.21. The Morgan fingerprint density at radius 2 is 1.93 bits per heavy atom. The highest BCUT2D eigenvalue weighted by Gasteiger charge is 2.17. The zero-order valence-electron chi connectivity index (χ0n) is 14.0. The minimum Gasteiger partial charge on any atom is -0.508 e. The summed E-state index contributed by atoms with van der Waals surface area (Å²) in [5.74, 6) is 0.200. The smallest absolute Gasteiger partial charge is 0.261 e. The average Bonchev–Trinajstić information content (AvgIpc) is 2.60. The number of nitrogens with one attached hydrogen (secondary N) is 2. The molecule has 0 aliphatic carbocycles. The molecule has 0 unspecified atom stereocenters. The molecule has 0 atom stereocenters. The van der Waals surface area contributed by atoms with Crippen LogP contribution in [0.5, 0.6) is 11.5 Å². The van der Waals surface area contributed by atoms with Gasteiger partial charge in [-0.15, -0.1) is 0 Å². The van der Waals surface area contributed by atoms with Crippen LogP contribution in [0.2, 0.25) is 0 Å². The SMILES string of the molecule is COc1c(Br)cc(Br)cc1C(=O)NC(=S)Nc1cccc2cc(O)ccc12. The molecule has 0 aliphatic heterocycles. The summed E-state index contributed by atoms with van der Waals surface area (Å²) >= 11 is 12.0. The first-order valence-corrected chi connectivity index (χ1v) is 9.75. The molecule has 3 aromatic rings. The van der Waals surface area contributed by atoms with Crippen LogP contribution in [0, 0.1) is 0 Å². The molecule has 0 aromatic heterocycles. The maximum atomic E-state index is 12.6. The fourth-order valence-electron chi connectivity index (χ4n) is 2.64. The van der Waals surface area contributed by atoms with Crippen LogP contribution in [0.15, 0.2) is 57.5 Å². The minimum atomic E-state index is -0.399. The van der Waals surface area contributed by atoms with Crippen molar-refractivity contribution in [1.29, 1.82) is 0 Å². The molecule has 138 valence electrons. The first kappa shape index (κ1) is 19.6. The van der Waals surface area contributed by atoms with Crippen molar-refractivity contribution in [2.24, 2.45) is 0 Å². The number of fused-ring (bicyclic) bond motifs is 1. The van der Waals surface area contributed by atoms with Gasteiger partial charge in [-0.2, -0.15) is 0 Å². The summed E-state index contributed by atoms with van der Waals surface area (Å²) in [6, 6.07) is 14.0. The molecule has 0 radical (unpaired) electrons. The number of hydrogen-bond acceptors (Lipinski definition) is 4. The Bertz CT molecular complexity index is 1060. The van der Waals surface area contributed by atoms with Gasteiger partial charge < -0.3 is 15.2 Å². The third kappa shape index (κ3) is 4.40. The van der Waals surface area contributed by atoms with E-state index in [2.05, 4.69) is 42.5 Å². The number of aromatic hydroxyl groups is 1. The highest BCUT2D eigenvalue weighted by Crippen LogP contribution is 2.32. The van der Waals surface area contributed by atoms with E-state index in [1.54, 1.807) is 30.3 Å². The molecule has 8 heteroatoms. The van der Waals surface area contributed by atoms with Crippen LogP contribution in [-0.4, -0.2) is 23.2 Å². The number of benzene rings is 3. The number of methoxy groups -OCH3 is 1. The molecule has 0 fully saturated rings. The summed E-state index contributed by atoms with van der Waals surface area (Å²) < 4.78 is 6.68. The molecule has 0 heterocycles. The van der Waals surface area contributed by atoms with Crippen molar-refractivity contribution in [1.82, 2.24) is 5.32 Å². The van der Waals surface area contributed by atoms with Gasteiger partial charge >= 0.3 is 0 Å². The van der Waals surface area contributed by atoms with Gasteiger partial charge in [-0.05, 0) is 69.9 Å². The van der Waals surface area contributed by atoms with Gasteiger partial charge in [0.1, 0.15) is 11.5 Å². The predicted molar refractivity (Wildman–Crippen MR) is 118 cm³/mol. The highest BCUT2D eigenvalue weighted by molar-refractivity contribution is 9.11. The van der Waals surface area contributed by atoms with E-state index in [1.807, 2.05) is 18.2 Å². The van der Waals surface area contributed by atoms with Gasteiger partial charge in [-0.3, -0.25) is 10.1 Å². The lowest BCUT2D eigenvalue weighted by Gasteiger charge is -2.14. The first-order chi connectivity index (χ1) is 12.9. The van der Waals surface area contributed by atoms with Gasteiger partial charge in [0.25, 0.3) is 5.91 Å². The lowest BCUT2D eigenvalue weighted by molar-refractivity contribution is 0.0974. The first-order valence-electron chi connectivity index (χ1n) is 7.76. The summed E-state index contributed by atoms with van der Waals surface area (Å²) in [5, 5.41) is 17.2. The molecule has 3 rings (SSSR count). The molecule has 5 nitrogen and oxygen atoms in total. The number of halogens is 2. The fraction of sp³-hybridized carbons (Fsp3) is 0.0526. The number of thiocarbonyl (C=S) groups is 1. The maximum absolute atomic E-state index is 12.6. The normalized spacial score (nSPS) is 10.5. The number of carbonyl (C=O) groups is 1. The second-order valence-electron chi connectivity index (χ2n) is 5.59. The summed E-state index contributed by atoms with van der Waals surface area (Å²) in [7, 11) is 1.49. The molecule has 0 spiro atoms. The van der Waals surface area contributed by atoms with Gasteiger partial charge in [0, 0.05) is 15.5 Å².